The van der Waals surface area contributed by atoms with Crippen LogP contribution < -0.4 is 0 Å². The summed E-state index contributed by atoms with van der Waals surface area (Å²) in [6.45, 7) is 5.38. The maximum atomic E-state index is 12.7. The summed E-state index contributed by atoms with van der Waals surface area (Å²) in [4.78, 5) is 33.5. The number of hydrogen-bond acceptors (Lipinski definition) is 6. The Labute approximate surface area is 178 Å². The van der Waals surface area contributed by atoms with Gasteiger partial charge >= 0.3 is 6.09 Å². The Morgan fingerprint density at radius 3 is 2.67 bits per heavy atom. The molecule has 0 bridgehead atoms. The Morgan fingerprint density at radius 2 is 2.00 bits per heavy atom. The quantitative estimate of drug-likeness (QED) is 0.783. The number of aromatic hydroxyl groups is 1. The van der Waals surface area contributed by atoms with E-state index in [1.165, 1.54) is 12.5 Å². The molecule has 0 aliphatic carbocycles. The molecule has 4 rings (SSSR count). The summed E-state index contributed by atoms with van der Waals surface area (Å²) >= 11 is 0. The summed E-state index contributed by atoms with van der Waals surface area (Å²) in [6.07, 6.45) is 2.23. The fourth-order valence-corrected chi connectivity index (χ4v) is 4.76. The fraction of sp³-hybridized carbons (Fsp3) is 0.636. The van der Waals surface area contributed by atoms with Crippen LogP contribution in [0.25, 0.3) is 0 Å². The Balaban J connectivity index is 1.27. The number of rotatable bonds is 5. The molecule has 2 amide bonds. The zero-order chi connectivity index (χ0) is 21.3. The van der Waals surface area contributed by atoms with Crippen LogP contribution in [0.4, 0.5) is 4.79 Å². The van der Waals surface area contributed by atoms with Crippen LogP contribution in [0, 0.1) is 0 Å². The average molecular weight is 417 g/mol. The van der Waals surface area contributed by atoms with E-state index in [1.54, 1.807) is 23.1 Å². The van der Waals surface area contributed by atoms with Gasteiger partial charge in [0, 0.05) is 57.2 Å². The van der Waals surface area contributed by atoms with Crippen molar-refractivity contribution in [2.75, 3.05) is 59.9 Å². The van der Waals surface area contributed by atoms with E-state index < -0.39 is 5.60 Å². The third-order valence-corrected chi connectivity index (χ3v) is 6.76. The zero-order valence-corrected chi connectivity index (χ0v) is 17.9. The summed E-state index contributed by atoms with van der Waals surface area (Å²) in [7, 11) is 4.24. The van der Waals surface area contributed by atoms with E-state index in [0.717, 1.165) is 19.6 Å². The van der Waals surface area contributed by atoms with Crippen LogP contribution in [0.3, 0.4) is 0 Å². The molecular formula is C22H32N4O4. The molecule has 0 unspecified atom stereocenters. The van der Waals surface area contributed by atoms with Crippen LogP contribution in [-0.4, -0.2) is 108 Å². The van der Waals surface area contributed by atoms with Crippen molar-refractivity contribution in [1.82, 2.24) is 19.6 Å². The van der Waals surface area contributed by atoms with Gasteiger partial charge in [-0.05, 0) is 45.3 Å². The Kier molecular flexibility index (Phi) is 5.88. The fourth-order valence-electron chi connectivity index (χ4n) is 4.76. The predicted octanol–water partition coefficient (Wildman–Crippen LogP) is 1.46. The largest absolute Gasteiger partial charge is 0.508 e. The SMILES string of the molecule is CN(C)[C@@H]1CCN(CCN2CC3(CCN(C(=O)c4cccc(O)c4)CC3)OC2=O)C1. The molecule has 30 heavy (non-hydrogen) atoms. The first-order chi connectivity index (χ1) is 14.3. The lowest BCUT2D eigenvalue weighted by Gasteiger charge is -2.37. The highest BCUT2D eigenvalue weighted by Gasteiger charge is 2.47. The number of ether oxygens (including phenoxy) is 1. The van der Waals surface area contributed by atoms with Gasteiger partial charge in [0.1, 0.15) is 11.4 Å². The Bertz CT molecular complexity index is 791. The number of likely N-dealkylation sites (tertiary alicyclic amines) is 2. The molecule has 0 saturated carbocycles. The van der Waals surface area contributed by atoms with Crippen LogP contribution >= 0.6 is 0 Å². The second-order valence-electron chi connectivity index (χ2n) is 9.02. The van der Waals surface area contributed by atoms with E-state index in [2.05, 4.69) is 23.9 Å². The van der Waals surface area contributed by atoms with Crippen molar-refractivity contribution in [3.05, 3.63) is 29.8 Å². The summed E-state index contributed by atoms with van der Waals surface area (Å²) in [6, 6.07) is 7.02. The molecule has 3 aliphatic rings. The maximum Gasteiger partial charge on any atom is 0.410 e. The lowest BCUT2D eigenvalue weighted by atomic mass is 9.91. The van der Waals surface area contributed by atoms with Gasteiger partial charge in [0.05, 0.1) is 6.54 Å². The van der Waals surface area contributed by atoms with Crippen molar-refractivity contribution < 1.29 is 19.4 Å². The highest BCUT2D eigenvalue weighted by molar-refractivity contribution is 5.94. The molecular weight excluding hydrogens is 384 g/mol. The number of nitrogens with zero attached hydrogens (tertiary/aromatic N) is 4. The van der Waals surface area contributed by atoms with Crippen molar-refractivity contribution in [3.63, 3.8) is 0 Å². The summed E-state index contributed by atoms with van der Waals surface area (Å²) in [5, 5.41) is 9.62. The minimum absolute atomic E-state index is 0.0876. The average Bonchev–Trinajstić information content (AvgIpc) is 3.31. The lowest BCUT2D eigenvalue weighted by Crippen LogP contribution is -2.49. The van der Waals surface area contributed by atoms with Crippen molar-refractivity contribution in [1.29, 1.82) is 0 Å². The van der Waals surface area contributed by atoms with Crippen molar-refractivity contribution in [2.45, 2.75) is 30.9 Å². The standard InChI is InChI=1S/C22H32N4O4/c1-23(2)18-6-9-24(15-18)12-13-26-16-22(30-21(26)29)7-10-25(11-8-22)20(28)17-4-3-5-19(27)14-17/h3-5,14,18,27H,6-13,15-16H2,1-2H3/t18-/m1/s1. The third-order valence-electron chi connectivity index (χ3n) is 6.76. The van der Waals surface area contributed by atoms with Crippen LogP contribution in [0.1, 0.15) is 29.6 Å². The molecule has 3 fully saturated rings. The minimum atomic E-state index is -0.482. The van der Waals surface area contributed by atoms with Gasteiger partial charge in [-0.3, -0.25) is 9.69 Å². The number of hydrogen-bond donors (Lipinski definition) is 1. The third kappa shape index (κ3) is 4.39. The minimum Gasteiger partial charge on any atom is -0.508 e. The number of carbonyl (C=O) groups excluding carboxylic acids is 2. The van der Waals surface area contributed by atoms with Gasteiger partial charge in [0.15, 0.2) is 0 Å². The van der Waals surface area contributed by atoms with Crippen molar-refractivity contribution >= 4 is 12.0 Å². The second-order valence-corrected chi connectivity index (χ2v) is 9.02. The van der Waals surface area contributed by atoms with Crippen molar-refractivity contribution in [2.24, 2.45) is 0 Å². The Hall–Kier alpha value is -2.32. The molecule has 1 spiro atoms. The zero-order valence-electron chi connectivity index (χ0n) is 17.9. The van der Waals surface area contributed by atoms with E-state index in [0.29, 0.717) is 50.6 Å². The first-order valence-electron chi connectivity index (χ1n) is 10.8. The van der Waals surface area contributed by atoms with Gasteiger partial charge in [0.2, 0.25) is 0 Å². The van der Waals surface area contributed by atoms with E-state index >= 15 is 0 Å². The Morgan fingerprint density at radius 1 is 1.23 bits per heavy atom. The first-order valence-corrected chi connectivity index (χ1v) is 10.8. The molecule has 3 heterocycles. The molecule has 1 N–H and O–H groups in total. The van der Waals surface area contributed by atoms with E-state index in [9.17, 15) is 14.7 Å². The molecule has 0 radical (unpaired) electrons. The normalized spacial score (nSPS) is 24.1. The van der Waals surface area contributed by atoms with Gasteiger partial charge in [-0.2, -0.15) is 0 Å². The second kappa shape index (κ2) is 8.43. The summed E-state index contributed by atoms with van der Waals surface area (Å²) in [5.41, 5.74) is 0.00165. The van der Waals surface area contributed by atoms with Gasteiger partial charge in [0.25, 0.3) is 5.91 Å². The van der Waals surface area contributed by atoms with Crippen LogP contribution in [0.2, 0.25) is 0 Å². The number of likely N-dealkylation sites (N-methyl/N-ethyl adjacent to an activating group) is 1. The van der Waals surface area contributed by atoms with E-state index in [-0.39, 0.29) is 17.7 Å². The molecule has 1 atom stereocenters. The molecule has 1 aromatic carbocycles. The molecule has 8 heteroatoms. The molecule has 1 aromatic rings. The predicted molar refractivity (Wildman–Crippen MR) is 113 cm³/mol. The van der Waals surface area contributed by atoms with Crippen LogP contribution in [-0.2, 0) is 4.74 Å². The molecule has 3 aliphatic heterocycles. The number of amides is 2. The van der Waals surface area contributed by atoms with Crippen LogP contribution in [0.15, 0.2) is 24.3 Å². The summed E-state index contributed by atoms with van der Waals surface area (Å²) in [5.74, 6) is -0.00370. The number of piperidine rings is 1. The van der Waals surface area contributed by atoms with E-state index in [1.807, 2.05) is 4.90 Å². The molecule has 8 nitrogen and oxygen atoms in total. The van der Waals surface area contributed by atoms with Gasteiger partial charge in [-0.15, -0.1) is 0 Å². The molecule has 0 aromatic heterocycles. The van der Waals surface area contributed by atoms with Gasteiger partial charge in [-0.1, -0.05) is 6.07 Å². The van der Waals surface area contributed by atoms with Crippen LogP contribution in [0.5, 0.6) is 5.75 Å². The topological polar surface area (TPSA) is 76.6 Å². The maximum absolute atomic E-state index is 12.7. The summed E-state index contributed by atoms with van der Waals surface area (Å²) < 4.78 is 5.81. The van der Waals surface area contributed by atoms with Gasteiger partial charge < -0.3 is 24.5 Å². The number of benzene rings is 1. The monoisotopic (exact) mass is 416 g/mol. The highest BCUT2D eigenvalue weighted by atomic mass is 16.6. The number of carbonyl (C=O) groups is 2. The first kappa shape index (κ1) is 20.9. The number of phenolic OH excluding ortho intramolecular Hbond substituents is 1. The van der Waals surface area contributed by atoms with Gasteiger partial charge in [-0.25, -0.2) is 4.79 Å². The smallest absolute Gasteiger partial charge is 0.410 e. The van der Waals surface area contributed by atoms with Crippen molar-refractivity contribution in [3.8, 4) is 5.75 Å². The number of phenols is 1. The molecule has 164 valence electrons. The lowest BCUT2D eigenvalue weighted by molar-refractivity contribution is 0.00311. The van der Waals surface area contributed by atoms with E-state index in [4.69, 9.17) is 4.74 Å². The highest BCUT2D eigenvalue weighted by Crippen LogP contribution is 2.33. The molecule has 3 saturated heterocycles.